The Morgan fingerprint density at radius 3 is 2.52 bits per heavy atom. The van der Waals surface area contributed by atoms with Gasteiger partial charge < -0.3 is 15.2 Å². The highest BCUT2D eigenvalue weighted by molar-refractivity contribution is 7.18. The van der Waals surface area contributed by atoms with Gasteiger partial charge in [-0.3, -0.25) is 9.59 Å². The Morgan fingerprint density at radius 2 is 1.88 bits per heavy atom. The summed E-state index contributed by atoms with van der Waals surface area (Å²) in [5.41, 5.74) is -0.559. The molecule has 0 radical (unpaired) electrons. The van der Waals surface area contributed by atoms with E-state index in [-0.39, 0.29) is 17.5 Å². The maximum absolute atomic E-state index is 12.9. The lowest BCUT2D eigenvalue weighted by atomic mass is 9.82. The Hall–Kier alpha value is -3.21. The van der Waals surface area contributed by atoms with Gasteiger partial charge in [-0.1, -0.05) is 6.07 Å². The van der Waals surface area contributed by atoms with E-state index in [9.17, 15) is 27.9 Å². The number of nitrogens with zero attached hydrogens (tertiary/aromatic N) is 2. The Kier molecular flexibility index (Phi) is 6.24. The molecule has 0 atom stereocenters. The van der Waals surface area contributed by atoms with Crippen molar-refractivity contribution in [2.45, 2.75) is 37.8 Å². The number of alkyl halides is 3. The van der Waals surface area contributed by atoms with E-state index in [1.54, 1.807) is 12.1 Å². The smallest absolute Gasteiger partial charge is 0.433 e. The number of hydrogen-bond donors (Lipinski definition) is 2. The number of rotatable bonds is 5. The molecule has 1 aliphatic rings. The van der Waals surface area contributed by atoms with Gasteiger partial charge >= 0.3 is 12.1 Å². The van der Waals surface area contributed by atoms with Crippen molar-refractivity contribution < 1.29 is 32.6 Å². The van der Waals surface area contributed by atoms with Crippen LogP contribution in [0.2, 0.25) is 0 Å². The molecule has 3 aromatic rings. The van der Waals surface area contributed by atoms with Gasteiger partial charge in [-0.25, -0.2) is 9.97 Å². The van der Waals surface area contributed by atoms with Gasteiger partial charge in [0.25, 0.3) is 5.91 Å². The first-order valence-corrected chi connectivity index (χ1v) is 11.0. The molecule has 1 amide bonds. The number of carbonyl (C=O) groups excluding carboxylic acids is 1. The van der Waals surface area contributed by atoms with E-state index < -0.39 is 23.7 Å². The van der Waals surface area contributed by atoms with Crippen LogP contribution >= 0.6 is 11.3 Å². The van der Waals surface area contributed by atoms with Crippen molar-refractivity contribution in [2.24, 2.45) is 5.92 Å². The number of halogens is 3. The van der Waals surface area contributed by atoms with E-state index >= 15 is 0 Å². The summed E-state index contributed by atoms with van der Waals surface area (Å²) in [4.78, 5) is 31.8. The number of fused-ring (bicyclic) bond motifs is 1. The van der Waals surface area contributed by atoms with E-state index in [1.807, 2.05) is 0 Å². The van der Waals surface area contributed by atoms with E-state index in [2.05, 4.69) is 15.3 Å². The van der Waals surface area contributed by atoms with Gasteiger partial charge in [-0.05, 0) is 43.9 Å². The van der Waals surface area contributed by atoms with Crippen molar-refractivity contribution in [3.63, 3.8) is 0 Å². The van der Waals surface area contributed by atoms with Crippen molar-refractivity contribution in [2.75, 3.05) is 12.4 Å². The standard InChI is InChI=1S/C22H20F3N3O4S/c1-32-16-9-15-17(33-20(28-15)11-5-7-12(8-6-11)21(30)31)10-14(16)27-19(29)13-3-2-4-18(26-13)22(23,24)25/h2-4,9-12H,5-8H2,1H3,(H,27,29)(H,30,31)/t11-,12-. The lowest BCUT2D eigenvalue weighted by molar-refractivity contribution is -0.143. The van der Waals surface area contributed by atoms with Crippen LogP contribution in [0.5, 0.6) is 5.75 Å². The van der Waals surface area contributed by atoms with Crippen LogP contribution in [0.4, 0.5) is 18.9 Å². The average Bonchev–Trinajstić information content (AvgIpc) is 3.21. The number of carbonyl (C=O) groups is 2. The molecule has 2 N–H and O–H groups in total. The Bertz CT molecular complexity index is 1200. The second kappa shape index (κ2) is 8.97. The molecule has 7 nitrogen and oxygen atoms in total. The summed E-state index contributed by atoms with van der Waals surface area (Å²) in [6.45, 7) is 0. The van der Waals surface area contributed by atoms with Crippen LogP contribution in [0.15, 0.2) is 30.3 Å². The molecule has 0 saturated heterocycles. The quantitative estimate of drug-likeness (QED) is 0.513. The minimum absolute atomic E-state index is 0.163. The largest absolute Gasteiger partial charge is 0.494 e. The first-order chi connectivity index (χ1) is 15.7. The fourth-order valence-corrected chi connectivity index (χ4v) is 5.06. The van der Waals surface area contributed by atoms with Gasteiger partial charge in [0.2, 0.25) is 0 Å². The number of anilines is 1. The fourth-order valence-electron chi connectivity index (χ4n) is 3.91. The van der Waals surface area contributed by atoms with Gasteiger partial charge in [-0.2, -0.15) is 13.2 Å². The fraction of sp³-hybridized carbons (Fsp3) is 0.364. The molecule has 1 fully saturated rings. The number of pyridine rings is 1. The highest BCUT2D eigenvalue weighted by Gasteiger charge is 2.33. The molecule has 0 unspecified atom stereocenters. The van der Waals surface area contributed by atoms with Crippen LogP contribution < -0.4 is 10.1 Å². The van der Waals surface area contributed by atoms with Crippen LogP contribution in [0.1, 0.15) is 52.8 Å². The summed E-state index contributed by atoms with van der Waals surface area (Å²) >= 11 is 1.45. The number of ether oxygens (including phenoxy) is 1. The number of aliphatic carboxylic acids is 1. The SMILES string of the molecule is COc1cc2nc([C@H]3CC[C@H](C(=O)O)CC3)sc2cc1NC(=O)c1cccc(C(F)(F)F)n1. The molecule has 33 heavy (non-hydrogen) atoms. The van der Waals surface area contributed by atoms with Crippen molar-refractivity contribution in [1.29, 1.82) is 0 Å². The van der Waals surface area contributed by atoms with Gasteiger partial charge in [0, 0.05) is 12.0 Å². The number of aromatic nitrogens is 2. The van der Waals surface area contributed by atoms with Gasteiger partial charge in [-0.15, -0.1) is 11.3 Å². The zero-order valence-corrected chi connectivity index (χ0v) is 18.3. The molecule has 0 spiro atoms. The normalized spacial score (nSPS) is 18.8. The number of thiazole rings is 1. The number of benzene rings is 1. The molecule has 1 saturated carbocycles. The maximum Gasteiger partial charge on any atom is 0.433 e. The third-order valence-corrected chi connectivity index (χ3v) is 6.85. The van der Waals surface area contributed by atoms with E-state index in [0.717, 1.165) is 34.7 Å². The van der Waals surface area contributed by atoms with E-state index in [4.69, 9.17) is 4.74 Å². The van der Waals surface area contributed by atoms with Crippen molar-refractivity contribution in [3.05, 3.63) is 46.7 Å². The summed E-state index contributed by atoms with van der Waals surface area (Å²) in [6, 6.07) is 6.46. The van der Waals surface area contributed by atoms with E-state index in [1.165, 1.54) is 24.5 Å². The highest BCUT2D eigenvalue weighted by Crippen LogP contribution is 2.41. The lowest BCUT2D eigenvalue weighted by Crippen LogP contribution is -2.20. The maximum atomic E-state index is 12.9. The third-order valence-electron chi connectivity index (χ3n) is 5.67. The molecule has 0 bridgehead atoms. The van der Waals surface area contributed by atoms with Gasteiger partial charge in [0.15, 0.2) is 0 Å². The van der Waals surface area contributed by atoms with Crippen molar-refractivity contribution in [3.8, 4) is 5.75 Å². The summed E-state index contributed by atoms with van der Waals surface area (Å²) in [7, 11) is 1.42. The highest BCUT2D eigenvalue weighted by atomic mass is 32.1. The number of amides is 1. The number of methoxy groups -OCH3 is 1. The average molecular weight is 479 g/mol. The van der Waals surface area contributed by atoms with Crippen LogP contribution in [0.25, 0.3) is 10.2 Å². The minimum atomic E-state index is -4.66. The lowest BCUT2D eigenvalue weighted by Gasteiger charge is -2.24. The summed E-state index contributed by atoms with van der Waals surface area (Å²) in [5, 5.41) is 12.6. The number of hydrogen-bond acceptors (Lipinski definition) is 6. The molecule has 2 aromatic heterocycles. The van der Waals surface area contributed by atoms with Crippen molar-refractivity contribution in [1.82, 2.24) is 9.97 Å². The Balaban J connectivity index is 1.57. The molecular formula is C22H20F3N3O4S. The second-order valence-electron chi connectivity index (χ2n) is 7.82. The Labute approximate surface area is 190 Å². The minimum Gasteiger partial charge on any atom is -0.494 e. The summed E-state index contributed by atoms with van der Waals surface area (Å²) in [6.07, 6.45) is -1.98. The van der Waals surface area contributed by atoms with Gasteiger partial charge in [0.05, 0.1) is 33.9 Å². The van der Waals surface area contributed by atoms with Crippen LogP contribution in [0.3, 0.4) is 0 Å². The number of carboxylic acid groups (broad SMARTS) is 1. The molecule has 0 aliphatic heterocycles. The van der Waals surface area contributed by atoms with Gasteiger partial charge in [0.1, 0.15) is 17.1 Å². The molecular weight excluding hydrogens is 459 g/mol. The Morgan fingerprint density at radius 1 is 1.15 bits per heavy atom. The van der Waals surface area contributed by atoms with Crippen LogP contribution in [0, 0.1) is 5.92 Å². The van der Waals surface area contributed by atoms with E-state index in [0.29, 0.717) is 29.8 Å². The molecule has 4 rings (SSSR count). The molecule has 11 heteroatoms. The predicted molar refractivity (Wildman–Crippen MR) is 116 cm³/mol. The first kappa shape index (κ1) is 23.0. The van der Waals surface area contributed by atoms with Crippen molar-refractivity contribution >= 4 is 39.1 Å². The number of nitrogens with one attached hydrogen (secondary N) is 1. The predicted octanol–water partition coefficient (Wildman–Crippen LogP) is 5.33. The zero-order valence-electron chi connectivity index (χ0n) is 17.5. The molecule has 174 valence electrons. The summed E-state index contributed by atoms with van der Waals surface area (Å²) in [5.74, 6) is -1.40. The topological polar surface area (TPSA) is 101 Å². The van der Waals surface area contributed by atoms with Crippen LogP contribution in [-0.4, -0.2) is 34.1 Å². The molecule has 1 aliphatic carbocycles. The molecule has 1 aromatic carbocycles. The second-order valence-corrected chi connectivity index (χ2v) is 8.88. The first-order valence-electron chi connectivity index (χ1n) is 10.2. The zero-order chi connectivity index (χ0) is 23.8. The summed E-state index contributed by atoms with van der Waals surface area (Å²) < 4.78 is 44.9. The monoisotopic (exact) mass is 479 g/mol. The van der Waals surface area contributed by atoms with Crippen LogP contribution in [-0.2, 0) is 11.0 Å². The molecule has 2 heterocycles. The number of carboxylic acids is 1. The third kappa shape index (κ3) is 4.92.